The molecule has 0 atom stereocenters. The summed E-state index contributed by atoms with van der Waals surface area (Å²) >= 11 is 2.08. The SMILES string of the molecule is CCOc1cc(/C=C(\C#N)C(=O)Nc2ccc(C(=O)OC)cc2)cc(I)c1OCc1ccc(C(=O)O)cc1. The highest BCUT2D eigenvalue weighted by Crippen LogP contribution is 2.35. The zero-order chi connectivity index (χ0) is 27.7. The van der Waals surface area contributed by atoms with Gasteiger partial charge in [-0.05, 0) is 95.2 Å². The van der Waals surface area contributed by atoms with Gasteiger partial charge in [0, 0.05) is 5.69 Å². The maximum atomic E-state index is 12.7. The Morgan fingerprint density at radius 3 is 2.26 bits per heavy atom. The second kappa shape index (κ2) is 13.3. The van der Waals surface area contributed by atoms with E-state index in [1.54, 1.807) is 24.3 Å². The van der Waals surface area contributed by atoms with Crippen LogP contribution in [-0.2, 0) is 16.1 Å². The quantitative estimate of drug-likeness (QED) is 0.134. The highest BCUT2D eigenvalue weighted by molar-refractivity contribution is 14.1. The first-order chi connectivity index (χ1) is 18.2. The first-order valence-electron chi connectivity index (χ1n) is 11.3. The molecular weight excluding hydrogens is 603 g/mol. The van der Waals surface area contributed by atoms with Crippen LogP contribution in [0.5, 0.6) is 11.5 Å². The molecule has 0 radical (unpaired) electrons. The first kappa shape index (κ1) is 28.2. The number of carboxylic acids is 1. The summed E-state index contributed by atoms with van der Waals surface area (Å²) in [5.41, 5.74) is 2.13. The summed E-state index contributed by atoms with van der Waals surface area (Å²) < 4.78 is 17.1. The van der Waals surface area contributed by atoms with Crippen molar-refractivity contribution in [3.8, 4) is 17.6 Å². The third kappa shape index (κ3) is 7.33. The standard InChI is InChI=1S/C28H23IN2O7/c1-3-37-24-14-18(13-23(29)25(24)38-16-17-4-6-19(7-5-17)27(33)34)12-21(15-30)26(32)31-22-10-8-20(9-11-22)28(35)36-2/h4-14H,3,16H2,1-2H3,(H,31,32)(H,33,34)/b21-12+. The number of nitriles is 1. The van der Waals surface area contributed by atoms with Gasteiger partial charge in [0.2, 0.25) is 0 Å². The van der Waals surface area contributed by atoms with E-state index in [0.29, 0.717) is 38.5 Å². The Bertz CT molecular complexity index is 1410. The van der Waals surface area contributed by atoms with Crippen LogP contribution in [0, 0.1) is 14.9 Å². The number of carbonyl (C=O) groups is 3. The Kier molecular flexibility index (Phi) is 9.84. The number of carboxylic acid groups (broad SMARTS) is 1. The molecule has 0 saturated heterocycles. The van der Waals surface area contributed by atoms with Crippen LogP contribution in [0.1, 0.15) is 38.8 Å². The highest BCUT2D eigenvalue weighted by atomic mass is 127. The molecule has 0 aliphatic heterocycles. The number of aromatic carboxylic acids is 1. The molecule has 0 spiro atoms. The molecule has 2 N–H and O–H groups in total. The Morgan fingerprint density at radius 1 is 1.03 bits per heavy atom. The summed E-state index contributed by atoms with van der Waals surface area (Å²) in [7, 11) is 1.28. The number of anilines is 1. The van der Waals surface area contributed by atoms with E-state index in [-0.39, 0.29) is 17.7 Å². The molecule has 0 heterocycles. The second-order valence-corrected chi connectivity index (χ2v) is 8.91. The molecule has 3 rings (SSSR count). The van der Waals surface area contributed by atoms with Crippen LogP contribution in [0.25, 0.3) is 6.08 Å². The van der Waals surface area contributed by atoms with Crippen molar-refractivity contribution in [1.82, 2.24) is 0 Å². The zero-order valence-corrected chi connectivity index (χ0v) is 22.6. The first-order valence-corrected chi connectivity index (χ1v) is 12.4. The van der Waals surface area contributed by atoms with Crippen molar-refractivity contribution in [1.29, 1.82) is 5.26 Å². The molecule has 0 aliphatic rings. The van der Waals surface area contributed by atoms with Gasteiger partial charge in [0.15, 0.2) is 11.5 Å². The largest absolute Gasteiger partial charge is 0.490 e. The normalized spacial score (nSPS) is 10.7. The molecule has 38 heavy (non-hydrogen) atoms. The maximum Gasteiger partial charge on any atom is 0.337 e. The topological polar surface area (TPSA) is 135 Å². The fourth-order valence-electron chi connectivity index (χ4n) is 3.29. The summed E-state index contributed by atoms with van der Waals surface area (Å²) in [6, 6.07) is 17.8. The lowest BCUT2D eigenvalue weighted by atomic mass is 10.1. The van der Waals surface area contributed by atoms with E-state index in [9.17, 15) is 19.6 Å². The maximum absolute atomic E-state index is 12.7. The molecule has 1 amide bonds. The number of benzene rings is 3. The molecule has 0 bridgehead atoms. The van der Waals surface area contributed by atoms with Crippen LogP contribution in [0.4, 0.5) is 5.69 Å². The summed E-state index contributed by atoms with van der Waals surface area (Å²) in [6.07, 6.45) is 1.44. The van der Waals surface area contributed by atoms with Gasteiger partial charge < -0.3 is 24.6 Å². The number of rotatable bonds is 10. The van der Waals surface area contributed by atoms with Crippen LogP contribution in [-0.4, -0.2) is 36.7 Å². The molecule has 194 valence electrons. The number of hydrogen-bond donors (Lipinski definition) is 2. The van der Waals surface area contributed by atoms with Gasteiger partial charge in [-0.3, -0.25) is 4.79 Å². The molecule has 0 aliphatic carbocycles. The summed E-state index contributed by atoms with van der Waals surface area (Å²) in [4.78, 5) is 35.3. The molecule has 3 aromatic rings. The number of nitrogens with one attached hydrogen (secondary N) is 1. The molecule has 3 aromatic carbocycles. The summed E-state index contributed by atoms with van der Waals surface area (Å²) in [6.45, 7) is 2.37. The lowest BCUT2D eigenvalue weighted by Gasteiger charge is -2.15. The molecule has 0 aromatic heterocycles. The number of methoxy groups -OCH3 is 1. The van der Waals surface area contributed by atoms with Crippen molar-refractivity contribution in [2.45, 2.75) is 13.5 Å². The smallest absolute Gasteiger partial charge is 0.337 e. The average Bonchev–Trinajstić information content (AvgIpc) is 2.91. The molecule has 0 unspecified atom stereocenters. The van der Waals surface area contributed by atoms with Gasteiger partial charge in [-0.25, -0.2) is 9.59 Å². The molecule has 0 fully saturated rings. The number of halogens is 1. The molecule has 9 nitrogen and oxygen atoms in total. The number of ether oxygens (including phenoxy) is 3. The number of hydrogen-bond acceptors (Lipinski definition) is 7. The van der Waals surface area contributed by atoms with E-state index < -0.39 is 17.8 Å². The van der Waals surface area contributed by atoms with E-state index in [4.69, 9.17) is 14.6 Å². The van der Waals surface area contributed by atoms with Gasteiger partial charge in [-0.1, -0.05) is 12.1 Å². The van der Waals surface area contributed by atoms with Gasteiger partial charge in [0.1, 0.15) is 18.2 Å². The van der Waals surface area contributed by atoms with Gasteiger partial charge in [0.25, 0.3) is 5.91 Å². The van der Waals surface area contributed by atoms with Crippen molar-refractivity contribution in [3.05, 3.63) is 92.1 Å². The van der Waals surface area contributed by atoms with Crippen LogP contribution in [0.3, 0.4) is 0 Å². The van der Waals surface area contributed by atoms with Crippen LogP contribution in [0.2, 0.25) is 0 Å². The minimum Gasteiger partial charge on any atom is -0.490 e. The Hall–Kier alpha value is -4.37. The monoisotopic (exact) mass is 626 g/mol. The van der Waals surface area contributed by atoms with Crippen molar-refractivity contribution in [2.75, 3.05) is 19.0 Å². The Labute approximate surface area is 232 Å². The van der Waals surface area contributed by atoms with Crippen LogP contribution in [0.15, 0.2) is 66.2 Å². The molecule has 10 heteroatoms. The van der Waals surface area contributed by atoms with Crippen molar-refractivity contribution < 1.29 is 33.7 Å². The zero-order valence-electron chi connectivity index (χ0n) is 20.5. The predicted molar refractivity (Wildman–Crippen MR) is 148 cm³/mol. The highest BCUT2D eigenvalue weighted by Gasteiger charge is 2.15. The predicted octanol–water partition coefficient (Wildman–Crippen LogP) is 5.30. The lowest BCUT2D eigenvalue weighted by Crippen LogP contribution is -2.13. The number of amides is 1. The Balaban J connectivity index is 1.79. The van der Waals surface area contributed by atoms with Crippen molar-refractivity contribution >= 4 is 52.2 Å². The van der Waals surface area contributed by atoms with Gasteiger partial charge in [0.05, 0.1) is 28.4 Å². The van der Waals surface area contributed by atoms with Crippen LogP contribution < -0.4 is 14.8 Å². The van der Waals surface area contributed by atoms with Crippen molar-refractivity contribution in [2.24, 2.45) is 0 Å². The fraction of sp³-hybridized carbons (Fsp3) is 0.143. The Morgan fingerprint density at radius 2 is 1.68 bits per heavy atom. The third-order valence-electron chi connectivity index (χ3n) is 5.16. The summed E-state index contributed by atoms with van der Waals surface area (Å²) in [5, 5.41) is 21.3. The van der Waals surface area contributed by atoms with Crippen LogP contribution >= 0.6 is 22.6 Å². The van der Waals surface area contributed by atoms with Gasteiger partial charge in [-0.2, -0.15) is 5.26 Å². The minimum absolute atomic E-state index is 0.132. The van der Waals surface area contributed by atoms with E-state index in [1.165, 1.54) is 49.6 Å². The van der Waals surface area contributed by atoms with Gasteiger partial charge >= 0.3 is 11.9 Å². The summed E-state index contributed by atoms with van der Waals surface area (Å²) in [5.74, 6) is -1.19. The van der Waals surface area contributed by atoms with Gasteiger partial charge in [-0.15, -0.1) is 0 Å². The average molecular weight is 626 g/mol. The van der Waals surface area contributed by atoms with Crippen molar-refractivity contribution in [3.63, 3.8) is 0 Å². The number of nitrogens with zero attached hydrogens (tertiary/aromatic N) is 1. The lowest BCUT2D eigenvalue weighted by molar-refractivity contribution is -0.112. The van der Waals surface area contributed by atoms with E-state index in [1.807, 2.05) is 13.0 Å². The van der Waals surface area contributed by atoms with E-state index in [2.05, 4.69) is 32.6 Å². The second-order valence-electron chi connectivity index (χ2n) is 7.75. The number of esters is 1. The molecule has 0 saturated carbocycles. The number of carbonyl (C=O) groups excluding carboxylic acids is 2. The fourth-order valence-corrected chi connectivity index (χ4v) is 4.08. The third-order valence-corrected chi connectivity index (χ3v) is 5.96. The minimum atomic E-state index is -1.00. The van der Waals surface area contributed by atoms with E-state index >= 15 is 0 Å². The molecular formula is C28H23IN2O7. The van der Waals surface area contributed by atoms with E-state index in [0.717, 1.165) is 5.56 Å².